The van der Waals surface area contributed by atoms with Gasteiger partial charge < -0.3 is 14.9 Å². The molecule has 0 radical (unpaired) electrons. The third-order valence-electron chi connectivity index (χ3n) is 2.42. The van der Waals surface area contributed by atoms with Crippen LogP contribution in [0, 0.1) is 12.7 Å². The quantitative estimate of drug-likeness (QED) is 0.839. The minimum Gasteiger partial charge on any atom is -0.387 e. The maximum atomic E-state index is 13.0. The van der Waals surface area contributed by atoms with E-state index in [1.165, 1.54) is 12.1 Å². The zero-order valence-corrected chi connectivity index (χ0v) is 9.93. The van der Waals surface area contributed by atoms with Gasteiger partial charge in [0.2, 0.25) is 5.89 Å². The number of rotatable bonds is 5. The number of aromatic nitrogens is 2. The number of aliphatic hydroxyl groups is 1. The summed E-state index contributed by atoms with van der Waals surface area (Å²) in [5.41, 5.74) is 0.532. The van der Waals surface area contributed by atoms with Crippen molar-refractivity contribution >= 4 is 0 Å². The van der Waals surface area contributed by atoms with Gasteiger partial charge in [-0.05, 0) is 24.6 Å². The first-order valence-corrected chi connectivity index (χ1v) is 5.58. The highest BCUT2D eigenvalue weighted by Gasteiger charge is 2.09. The number of hydrogen-bond donors (Lipinski definition) is 2. The molecule has 1 aromatic carbocycles. The van der Waals surface area contributed by atoms with Crippen molar-refractivity contribution in [3.8, 4) is 0 Å². The first-order chi connectivity index (χ1) is 8.65. The van der Waals surface area contributed by atoms with E-state index in [2.05, 4.69) is 15.5 Å². The van der Waals surface area contributed by atoms with Crippen molar-refractivity contribution in [2.24, 2.45) is 0 Å². The highest BCUT2D eigenvalue weighted by molar-refractivity contribution is 5.18. The van der Waals surface area contributed by atoms with Crippen LogP contribution in [0.4, 0.5) is 4.39 Å². The Bertz CT molecular complexity index is 516. The molecule has 0 spiro atoms. The summed E-state index contributed by atoms with van der Waals surface area (Å²) in [7, 11) is 0. The molecule has 0 aliphatic rings. The molecule has 1 unspecified atom stereocenters. The third-order valence-corrected chi connectivity index (χ3v) is 2.42. The maximum absolute atomic E-state index is 13.0. The average Bonchev–Trinajstić information content (AvgIpc) is 2.75. The number of halogens is 1. The van der Waals surface area contributed by atoms with Crippen LogP contribution in [0.1, 0.15) is 23.4 Å². The van der Waals surface area contributed by atoms with Crippen LogP contribution < -0.4 is 5.32 Å². The smallest absolute Gasteiger partial charge is 0.240 e. The molecule has 5 nitrogen and oxygen atoms in total. The van der Waals surface area contributed by atoms with E-state index in [1.54, 1.807) is 19.1 Å². The number of benzene rings is 1. The van der Waals surface area contributed by atoms with E-state index in [4.69, 9.17) is 4.52 Å². The van der Waals surface area contributed by atoms with Crippen LogP contribution in [0.25, 0.3) is 0 Å². The second kappa shape index (κ2) is 5.70. The fraction of sp³-hybridized carbons (Fsp3) is 0.333. The molecule has 0 aliphatic carbocycles. The summed E-state index contributed by atoms with van der Waals surface area (Å²) >= 11 is 0. The topological polar surface area (TPSA) is 71.2 Å². The second-order valence-corrected chi connectivity index (χ2v) is 3.94. The third kappa shape index (κ3) is 3.35. The predicted octanol–water partition coefficient (Wildman–Crippen LogP) is 1.34. The van der Waals surface area contributed by atoms with Crippen molar-refractivity contribution in [3.05, 3.63) is 47.4 Å². The summed E-state index contributed by atoms with van der Waals surface area (Å²) in [4.78, 5) is 4.01. The average molecular weight is 251 g/mol. The Balaban J connectivity index is 1.83. The Morgan fingerprint density at radius 2 is 2.33 bits per heavy atom. The van der Waals surface area contributed by atoms with Crippen molar-refractivity contribution in [3.63, 3.8) is 0 Å². The van der Waals surface area contributed by atoms with Crippen molar-refractivity contribution in [2.75, 3.05) is 6.54 Å². The molecule has 0 amide bonds. The van der Waals surface area contributed by atoms with Gasteiger partial charge in [0.05, 0.1) is 12.6 Å². The number of aliphatic hydroxyl groups excluding tert-OH is 1. The minimum atomic E-state index is -0.773. The molecule has 0 aliphatic heterocycles. The van der Waals surface area contributed by atoms with E-state index in [9.17, 15) is 9.50 Å². The van der Waals surface area contributed by atoms with Crippen molar-refractivity contribution in [2.45, 2.75) is 19.6 Å². The fourth-order valence-electron chi connectivity index (χ4n) is 1.56. The van der Waals surface area contributed by atoms with Crippen LogP contribution in [-0.2, 0) is 6.54 Å². The van der Waals surface area contributed by atoms with E-state index < -0.39 is 6.10 Å². The summed E-state index contributed by atoms with van der Waals surface area (Å²) in [5.74, 6) is 0.662. The van der Waals surface area contributed by atoms with Gasteiger partial charge in [0.25, 0.3) is 0 Å². The molecule has 1 aromatic heterocycles. The van der Waals surface area contributed by atoms with Gasteiger partial charge >= 0.3 is 0 Å². The lowest BCUT2D eigenvalue weighted by molar-refractivity contribution is 0.172. The Kier molecular flexibility index (Phi) is 4.01. The first kappa shape index (κ1) is 12.7. The normalized spacial score (nSPS) is 12.6. The number of hydrogen-bond acceptors (Lipinski definition) is 5. The van der Waals surface area contributed by atoms with Gasteiger partial charge in [-0.25, -0.2) is 4.39 Å². The van der Waals surface area contributed by atoms with E-state index in [-0.39, 0.29) is 12.4 Å². The Labute approximate surface area is 104 Å². The van der Waals surface area contributed by atoms with E-state index in [0.717, 1.165) is 0 Å². The number of nitrogens with zero attached hydrogens (tertiary/aromatic N) is 2. The molecule has 0 saturated heterocycles. The van der Waals surface area contributed by atoms with Crippen LogP contribution in [0.5, 0.6) is 0 Å². The van der Waals surface area contributed by atoms with Gasteiger partial charge in [-0.1, -0.05) is 17.3 Å². The van der Waals surface area contributed by atoms with Crippen molar-refractivity contribution < 1.29 is 14.0 Å². The molecule has 2 rings (SSSR count). The summed E-state index contributed by atoms with van der Waals surface area (Å²) in [6, 6.07) is 5.88. The molecule has 0 saturated carbocycles. The van der Waals surface area contributed by atoms with Crippen LogP contribution in [-0.4, -0.2) is 21.8 Å². The van der Waals surface area contributed by atoms with Crippen LogP contribution in [0.2, 0.25) is 0 Å². The molecule has 2 N–H and O–H groups in total. The van der Waals surface area contributed by atoms with Gasteiger partial charge in [0.15, 0.2) is 5.82 Å². The largest absolute Gasteiger partial charge is 0.387 e. The van der Waals surface area contributed by atoms with Gasteiger partial charge in [0, 0.05) is 6.54 Å². The zero-order chi connectivity index (χ0) is 13.0. The molecule has 96 valence electrons. The SMILES string of the molecule is Cc1noc(CNCC(O)c2cccc(F)c2)n1. The van der Waals surface area contributed by atoms with Gasteiger partial charge in [-0.3, -0.25) is 0 Å². The molecule has 2 aromatic rings. The van der Waals surface area contributed by atoms with Crippen molar-refractivity contribution in [1.29, 1.82) is 0 Å². The van der Waals surface area contributed by atoms with Crippen molar-refractivity contribution in [1.82, 2.24) is 15.5 Å². The predicted molar refractivity (Wildman–Crippen MR) is 62.1 cm³/mol. The molecular weight excluding hydrogens is 237 g/mol. The van der Waals surface area contributed by atoms with Gasteiger partial charge in [-0.15, -0.1) is 0 Å². The highest BCUT2D eigenvalue weighted by atomic mass is 19.1. The fourth-order valence-corrected chi connectivity index (χ4v) is 1.56. The number of aryl methyl sites for hydroxylation is 1. The van der Waals surface area contributed by atoms with Crippen LogP contribution in [0.15, 0.2) is 28.8 Å². The lowest BCUT2D eigenvalue weighted by Gasteiger charge is -2.11. The van der Waals surface area contributed by atoms with E-state index in [0.29, 0.717) is 23.8 Å². The monoisotopic (exact) mass is 251 g/mol. The molecular formula is C12H14FN3O2. The Morgan fingerprint density at radius 3 is 3.00 bits per heavy atom. The van der Waals surface area contributed by atoms with E-state index >= 15 is 0 Å². The van der Waals surface area contributed by atoms with E-state index in [1.807, 2.05) is 0 Å². The van der Waals surface area contributed by atoms with Gasteiger partial charge in [-0.2, -0.15) is 4.98 Å². The first-order valence-electron chi connectivity index (χ1n) is 5.58. The zero-order valence-electron chi connectivity index (χ0n) is 9.93. The number of nitrogens with one attached hydrogen (secondary N) is 1. The maximum Gasteiger partial charge on any atom is 0.240 e. The summed E-state index contributed by atoms with van der Waals surface area (Å²) in [5, 5.41) is 16.4. The molecule has 0 fully saturated rings. The van der Waals surface area contributed by atoms with Crippen LogP contribution >= 0.6 is 0 Å². The molecule has 1 atom stereocenters. The lowest BCUT2D eigenvalue weighted by Crippen LogP contribution is -2.21. The molecule has 18 heavy (non-hydrogen) atoms. The summed E-state index contributed by atoms with van der Waals surface area (Å²) in [6.45, 7) is 2.38. The molecule has 0 bridgehead atoms. The summed E-state index contributed by atoms with van der Waals surface area (Å²) < 4.78 is 17.9. The Hall–Kier alpha value is -1.79. The standard InChI is InChI=1S/C12H14FN3O2/c1-8-15-12(18-16-8)7-14-6-11(17)9-3-2-4-10(13)5-9/h2-5,11,14,17H,6-7H2,1H3. The second-order valence-electron chi connectivity index (χ2n) is 3.94. The molecule has 1 heterocycles. The lowest BCUT2D eigenvalue weighted by atomic mass is 10.1. The minimum absolute atomic E-state index is 0.283. The Morgan fingerprint density at radius 1 is 1.50 bits per heavy atom. The molecule has 6 heteroatoms. The van der Waals surface area contributed by atoms with Crippen LogP contribution in [0.3, 0.4) is 0 Å². The van der Waals surface area contributed by atoms with Gasteiger partial charge in [0.1, 0.15) is 5.82 Å². The highest BCUT2D eigenvalue weighted by Crippen LogP contribution is 2.13. The summed E-state index contributed by atoms with van der Waals surface area (Å²) in [6.07, 6.45) is -0.773.